The lowest BCUT2D eigenvalue weighted by Gasteiger charge is -2.20. The summed E-state index contributed by atoms with van der Waals surface area (Å²) in [5.41, 5.74) is 0. The summed E-state index contributed by atoms with van der Waals surface area (Å²) in [7, 11) is 0. The summed E-state index contributed by atoms with van der Waals surface area (Å²) in [5.74, 6) is 0. The molecule has 148 valence electrons. The molecule has 25 heavy (non-hydrogen) atoms. The van der Waals surface area contributed by atoms with Gasteiger partial charge in [0, 0.05) is 6.61 Å². The average Bonchev–Trinajstić information content (AvgIpc) is 2.94. The van der Waals surface area contributed by atoms with Crippen molar-refractivity contribution in [2.75, 3.05) is 19.8 Å². The third-order valence-corrected chi connectivity index (χ3v) is 4.66. The molecule has 0 radical (unpaired) electrons. The molecule has 1 fully saturated rings. The zero-order valence-corrected chi connectivity index (χ0v) is 15.8. The molecule has 1 saturated heterocycles. The predicted octanol–water partition coefficient (Wildman–Crippen LogP) is 2.96. The molecular weight excluding hydrogens is 320 g/mol. The average molecular weight is 359 g/mol. The first-order chi connectivity index (χ1) is 12.2. The molecule has 0 bridgehead atoms. The lowest BCUT2D eigenvalue weighted by molar-refractivity contribution is -0.0813. The van der Waals surface area contributed by atoms with Gasteiger partial charge >= 0.3 is 0 Å². The number of hydrogen-bond donors (Lipinski definition) is 3. The first kappa shape index (κ1) is 22.6. The van der Waals surface area contributed by atoms with Gasteiger partial charge in [0.15, 0.2) is 0 Å². The van der Waals surface area contributed by atoms with Crippen LogP contribution in [0.25, 0.3) is 0 Å². The number of ether oxygens (including phenoxy) is 2. The Hall–Kier alpha value is -0.460. The minimum absolute atomic E-state index is 0.0669. The van der Waals surface area contributed by atoms with E-state index in [9.17, 15) is 15.3 Å². The van der Waals surface area contributed by atoms with Gasteiger partial charge in [0.1, 0.15) is 24.4 Å². The molecule has 1 rings (SSSR count). The minimum atomic E-state index is -1.03. The van der Waals surface area contributed by atoms with Gasteiger partial charge in [-0.2, -0.15) is 0 Å². The van der Waals surface area contributed by atoms with Crippen LogP contribution in [0.4, 0.5) is 0 Å². The van der Waals surface area contributed by atoms with E-state index >= 15 is 0 Å². The number of aliphatic hydroxyl groups excluding tert-OH is 3. The molecule has 0 aromatic rings. The molecule has 5 nitrogen and oxygen atoms in total. The Labute approximate surface area is 153 Å². The lowest BCUT2D eigenvalue weighted by Crippen LogP contribution is -2.40. The SMILES string of the molecule is CCCC/C=C/CCCCCCCCOC[C@@H](O)[C@H]1OC[C@H](O)[C@H]1O. The summed E-state index contributed by atoms with van der Waals surface area (Å²) < 4.78 is 10.6. The van der Waals surface area contributed by atoms with E-state index in [1.165, 1.54) is 51.4 Å². The standard InChI is InChI=1S/C20H38O5/c1-2-3-4-5-6-7-8-9-10-11-12-13-14-24-15-18(22)20-19(23)17(21)16-25-20/h5-6,17-23H,2-4,7-16H2,1H3/b6-5+/t17-,18+,19+,20+/m0/s1. The van der Waals surface area contributed by atoms with Gasteiger partial charge in [0.25, 0.3) is 0 Å². The van der Waals surface area contributed by atoms with Crippen LogP contribution in [0.15, 0.2) is 12.2 Å². The fourth-order valence-corrected chi connectivity index (χ4v) is 2.99. The number of hydrogen-bond acceptors (Lipinski definition) is 5. The normalized spacial score (nSPS) is 25.0. The van der Waals surface area contributed by atoms with E-state index in [2.05, 4.69) is 19.1 Å². The zero-order chi connectivity index (χ0) is 18.3. The molecule has 5 heteroatoms. The smallest absolute Gasteiger partial charge is 0.114 e. The second-order valence-corrected chi connectivity index (χ2v) is 7.02. The van der Waals surface area contributed by atoms with Gasteiger partial charge in [0.05, 0.1) is 13.2 Å². The Bertz CT molecular complexity index is 334. The van der Waals surface area contributed by atoms with Gasteiger partial charge in [0.2, 0.25) is 0 Å². The van der Waals surface area contributed by atoms with Gasteiger partial charge in [-0.05, 0) is 25.7 Å². The topological polar surface area (TPSA) is 79.2 Å². The molecule has 0 aliphatic carbocycles. The van der Waals surface area contributed by atoms with Crippen LogP contribution in [0.2, 0.25) is 0 Å². The van der Waals surface area contributed by atoms with Crippen LogP contribution in [0.3, 0.4) is 0 Å². The summed E-state index contributed by atoms with van der Waals surface area (Å²) in [6, 6.07) is 0. The first-order valence-electron chi connectivity index (χ1n) is 10.0. The van der Waals surface area contributed by atoms with E-state index in [0.717, 1.165) is 12.8 Å². The van der Waals surface area contributed by atoms with Gasteiger partial charge in [-0.1, -0.05) is 57.6 Å². The highest BCUT2D eigenvalue weighted by atomic mass is 16.5. The summed E-state index contributed by atoms with van der Waals surface area (Å²) >= 11 is 0. The van der Waals surface area contributed by atoms with E-state index in [1.54, 1.807) is 0 Å². The summed E-state index contributed by atoms with van der Waals surface area (Å²) in [6.07, 6.45) is 13.2. The fourth-order valence-electron chi connectivity index (χ4n) is 2.99. The number of aliphatic hydroxyl groups is 3. The monoisotopic (exact) mass is 358 g/mol. The molecule has 0 aromatic heterocycles. The molecular formula is C20H38O5. The molecule has 0 amide bonds. The van der Waals surface area contributed by atoms with Gasteiger partial charge in [-0.25, -0.2) is 0 Å². The van der Waals surface area contributed by atoms with Crippen LogP contribution in [-0.2, 0) is 9.47 Å². The summed E-state index contributed by atoms with van der Waals surface area (Å²) in [4.78, 5) is 0. The number of rotatable bonds is 15. The number of unbranched alkanes of at least 4 members (excludes halogenated alkanes) is 8. The molecule has 0 spiro atoms. The molecule has 1 aliphatic rings. The third-order valence-electron chi connectivity index (χ3n) is 4.66. The van der Waals surface area contributed by atoms with E-state index in [4.69, 9.17) is 9.47 Å². The maximum absolute atomic E-state index is 9.90. The Morgan fingerprint density at radius 3 is 2.28 bits per heavy atom. The van der Waals surface area contributed by atoms with Gasteiger partial charge in [-0.3, -0.25) is 0 Å². The first-order valence-corrected chi connectivity index (χ1v) is 10.0. The van der Waals surface area contributed by atoms with E-state index in [-0.39, 0.29) is 13.2 Å². The Morgan fingerprint density at radius 2 is 1.64 bits per heavy atom. The van der Waals surface area contributed by atoms with Crippen molar-refractivity contribution in [3.63, 3.8) is 0 Å². The summed E-state index contributed by atoms with van der Waals surface area (Å²) in [6.45, 7) is 3.04. The number of allylic oxidation sites excluding steroid dienone is 2. The highest BCUT2D eigenvalue weighted by Crippen LogP contribution is 2.18. The molecule has 3 N–H and O–H groups in total. The van der Waals surface area contributed by atoms with Crippen molar-refractivity contribution in [3.05, 3.63) is 12.2 Å². The van der Waals surface area contributed by atoms with Crippen LogP contribution in [0, 0.1) is 0 Å². The molecule has 0 aromatic carbocycles. The molecule has 0 unspecified atom stereocenters. The largest absolute Gasteiger partial charge is 0.388 e. The van der Waals surface area contributed by atoms with Gasteiger partial charge in [-0.15, -0.1) is 0 Å². The van der Waals surface area contributed by atoms with Crippen molar-refractivity contribution in [1.82, 2.24) is 0 Å². The Morgan fingerprint density at radius 1 is 1.00 bits per heavy atom. The predicted molar refractivity (Wildman–Crippen MR) is 99.6 cm³/mol. The summed E-state index contributed by atoms with van der Waals surface area (Å²) in [5, 5.41) is 28.9. The van der Waals surface area contributed by atoms with Crippen molar-refractivity contribution in [2.45, 2.75) is 95.5 Å². The second kappa shape index (κ2) is 14.7. The highest BCUT2D eigenvalue weighted by molar-refractivity contribution is 4.87. The lowest BCUT2D eigenvalue weighted by atomic mass is 10.1. The van der Waals surface area contributed by atoms with Gasteiger partial charge < -0.3 is 24.8 Å². The van der Waals surface area contributed by atoms with Crippen molar-refractivity contribution < 1.29 is 24.8 Å². The molecule has 1 aliphatic heterocycles. The molecule has 4 atom stereocenters. The Balaban J connectivity index is 1.84. The van der Waals surface area contributed by atoms with Crippen molar-refractivity contribution in [1.29, 1.82) is 0 Å². The maximum atomic E-state index is 9.90. The minimum Gasteiger partial charge on any atom is -0.388 e. The Kier molecular flexibility index (Phi) is 13.3. The van der Waals surface area contributed by atoms with Crippen LogP contribution < -0.4 is 0 Å². The highest BCUT2D eigenvalue weighted by Gasteiger charge is 2.39. The van der Waals surface area contributed by atoms with Crippen LogP contribution >= 0.6 is 0 Å². The van der Waals surface area contributed by atoms with Crippen molar-refractivity contribution in [2.24, 2.45) is 0 Å². The molecule has 1 heterocycles. The maximum Gasteiger partial charge on any atom is 0.114 e. The zero-order valence-electron chi connectivity index (χ0n) is 15.8. The third kappa shape index (κ3) is 10.3. The van der Waals surface area contributed by atoms with E-state index in [0.29, 0.717) is 6.61 Å². The van der Waals surface area contributed by atoms with Crippen LogP contribution in [-0.4, -0.2) is 59.6 Å². The van der Waals surface area contributed by atoms with E-state index < -0.39 is 24.4 Å². The fraction of sp³-hybridized carbons (Fsp3) is 0.900. The van der Waals surface area contributed by atoms with Crippen LogP contribution in [0.5, 0.6) is 0 Å². The van der Waals surface area contributed by atoms with Crippen molar-refractivity contribution >= 4 is 0 Å². The molecule has 0 saturated carbocycles. The van der Waals surface area contributed by atoms with Crippen molar-refractivity contribution in [3.8, 4) is 0 Å². The van der Waals surface area contributed by atoms with E-state index in [1.807, 2.05) is 0 Å². The second-order valence-electron chi connectivity index (χ2n) is 7.02. The van der Waals surface area contributed by atoms with Crippen LogP contribution in [0.1, 0.15) is 71.1 Å². The quantitative estimate of drug-likeness (QED) is 0.310.